The van der Waals surface area contributed by atoms with Crippen LogP contribution >= 0.6 is 27.7 Å². The Kier molecular flexibility index (Phi) is 5.79. The van der Waals surface area contributed by atoms with E-state index in [1.165, 1.54) is 17.7 Å². The molecule has 1 rings (SSSR count). The van der Waals surface area contributed by atoms with Crippen LogP contribution < -0.4 is 0 Å². The normalized spacial score (nSPS) is 13.2. The number of benzene rings is 1. The summed E-state index contributed by atoms with van der Waals surface area (Å²) < 4.78 is 36.5. The first-order valence-corrected chi connectivity index (χ1v) is 7.38. The van der Waals surface area contributed by atoms with Crippen molar-refractivity contribution >= 4 is 33.8 Å². The van der Waals surface area contributed by atoms with Gasteiger partial charge in [0.1, 0.15) is 0 Å². The van der Waals surface area contributed by atoms with Crippen LogP contribution in [-0.4, -0.2) is 10.8 Å². The molecule has 100 valence electrons. The maximum absolute atomic E-state index is 12.2. The van der Waals surface area contributed by atoms with Gasteiger partial charge >= 0.3 is 5.51 Å². The minimum atomic E-state index is -4.23. The molecule has 0 aromatic heterocycles. The molecular formula is C13H14BrF3S. The third-order valence-corrected chi connectivity index (χ3v) is 3.75. The summed E-state index contributed by atoms with van der Waals surface area (Å²) in [7, 11) is 0. The van der Waals surface area contributed by atoms with Gasteiger partial charge in [0.25, 0.3) is 0 Å². The molecule has 0 unspecified atom stereocenters. The van der Waals surface area contributed by atoms with Gasteiger partial charge in [0, 0.05) is 10.2 Å². The number of alkyl halides is 4. The third kappa shape index (κ3) is 5.48. The summed E-state index contributed by atoms with van der Waals surface area (Å²) in [5, 5.41) is 0.768. The molecule has 0 N–H and O–H groups in total. The lowest BCUT2D eigenvalue weighted by molar-refractivity contribution is -0.0328. The number of hydrogen-bond donors (Lipinski definition) is 0. The first-order chi connectivity index (χ1) is 8.31. The second-order valence-corrected chi connectivity index (χ2v) is 5.82. The highest BCUT2D eigenvalue weighted by Crippen LogP contribution is 2.36. The molecule has 0 nitrogen and oxygen atoms in total. The second kappa shape index (κ2) is 6.66. The van der Waals surface area contributed by atoms with Gasteiger partial charge in [0.05, 0.1) is 0 Å². The van der Waals surface area contributed by atoms with Crippen LogP contribution in [0.15, 0.2) is 34.7 Å². The molecule has 0 aliphatic rings. The van der Waals surface area contributed by atoms with Gasteiger partial charge in [-0.3, -0.25) is 0 Å². The molecule has 0 aliphatic heterocycles. The van der Waals surface area contributed by atoms with Crippen molar-refractivity contribution in [3.8, 4) is 0 Å². The van der Waals surface area contributed by atoms with Crippen molar-refractivity contribution in [2.24, 2.45) is 5.92 Å². The van der Waals surface area contributed by atoms with Crippen molar-refractivity contribution in [3.63, 3.8) is 0 Å². The van der Waals surface area contributed by atoms with Gasteiger partial charge in [-0.15, -0.1) is 0 Å². The van der Waals surface area contributed by atoms with Gasteiger partial charge in [-0.05, 0) is 35.4 Å². The zero-order valence-corrected chi connectivity index (χ0v) is 12.5. The highest BCUT2D eigenvalue weighted by molar-refractivity contribution is 9.09. The summed E-state index contributed by atoms with van der Waals surface area (Å²) in [6, 6.07) is 6.41. The molecule has 5 heteroatoms. The first-order valence-electron chi connectivity index (χ1n) is 5.44. The molecule has 0 spiro atoms. The number of thioether (sulfide) groups is 1. The third-order valence-electron chi connectivity index (χ3n) is 2.36. The maximum Gasteiger partial charge on any atom is 0.446 e. The fourth-order valence-electron chi connectivity index (χ4n) is 1.34. The number of rotatable bonds is 4. The van der Waals surface area contributed by atoms with Crippen LogP contribution in [0.5, 0.6) is 0 Å². The van der Waals surface area contributed by atoms with Crippen molar-refractivity contribution in [3.05, 3.63) is 35.4 Å². The molecule has 0 bridgehead atoms. The molecule has 0 atom stereocenters. The monoisotopic (exact) mass is 338 g/mol. The fraction of sp³-hybridized carbons (Fsp3) is 0.385. The Bertz CT molecular complexity index is 407. The van der Waals surface area contributed by atoms with Crippen molar-refractivity contribution < 1.29 is 13.2 Å². The molecule has 18 heavy (non-hydrogen) atoms. The SMILES string of the molecule is CC(C)C(=Cc1ccc(SC(F)(F)F)cc1)CBr. The Balaban J connectivity index is 2.83. The maximum atomic E-state index is 12.2. The van der Waals surface area contributed by atoms with E-state index in [1.54, 1.807) is 12.1 Å². The van der Waals surface area contributed by atoms with Gasteiger partial charge in [-0.25, -0.2) is 0 Å². The predicted octanol–water partition coefficient (Wildman–Crippen LogP) is 5.73. The van der Waals surface area contributed by atoms with Crippen LogP contribution in [0.1, 0.15) is 19.4 Å². The molecule has 0 heterocycles. The van der Waals surface area contributed by atoms with E-state index in [9.17, 15) is 13.2 Å². The second-order valence-electron chi connectivity index (χ2n) is 4.12. The van der Waals surface area contributed by atoms with Crippen LogP contribution in [0.2, 0.25) is 0 Å². The van der Waals surface area contributed by atoms with Gasteiger partial charge in [0.15, 0.2) is 0 Å². The van der Waals surface area contributed by atoms with Crippen molar-refractivity contribution in [2.45, 2.75) is 24.3 Å². The van der Waals surface area contributed by atoms with E-state index in [0.29, 0.717) is 5.92 Å². The fourth-order valence-corrected chi connectivity index (χ4v) is 2.69. The van der Waals surface area contributed by atoms with Crippen LogP contribution in [0, 0.1) is 5.92 Å². The zero-order chi connectivity index (χ0) is 13.8. The van der Waals surface area contributed by atoms with Crippen LogP contribution in [0.3, 0.4) is 0 Å². The molecule has 0 radical (unpaired) electrons. The van der Waals surface area contributed by atoms with E-state index in [-0.39, 0.29) is 16.7 Å². The van der Waals surface area contributed by atoms with Crippen LogP contribution in [0.4, 0.5) is 13.2 Å². The Labute approximate surface area is 118 Å². The molecule has 0 saturated heterocycles. The molecule has 1 aromatic carbocycles. The van der Waals surface area contributed by atoms with Gasteiger partial charge in [-0.1, -0.05) is 53.6 Å². The molecule has 1 aromatic rings. The number of halogens is 4. The van der Waals surface area contributed by atoms with Gasteiger partial charge < -0.3 is 0 Å². The summed E-state index contributed by atoms with van der Waals surface area (Å²) in [6.45, 7) is 4.17. The average Bonchev–Trinajstić information content (AvgIpc) is 2.25. The molecule has 0 aliphatic carbocycles. The quantitative estimate of drug-likeness (QED) is 0.498. The highest BCUT2D eigenvalue weighted by Gasteiger charge is 2.28. The lowest BCUT2D eigenvalue weighted by Gasteiger charge is -2.09. The van der Waals surface area contributed by atoms with Crippen molar-refractivity contribution in [1.29, 1.82) is 0 Å². The van der Waals surface area contributed by atoms with E-state index < -0.39 is 5.51 Å². The minimum absolute atomic E-state index is 0.0896. The summed E-state index contributed by atoms with van der Waals surface area (Å²) >= 11 is 3.32. The average molecular weight is 339 g/mol. The Hall–Kier alpha value is -0.420. The Morgan fingerprint density at radius 3 is 2.22 bits per heavy atom. The highest BCUT2D eigenvalue weighted by atomic mass is 79.9. The van der Waals surface area contributed by atoms with Crippen LogP contribution in [-0.2, 0) is 0 Å². The van der Waals surface area contributed by atoms with E-state index in [2.05, 4.69) is 29.8 Å². The predicted molar refractivity (Wildman–Crippen MR) is 75.0 cm³/mol. The molecule has 0 amide bonds. The van der Waals surface area contributed by atoms with Crippen molar-refractivity contribution in [2.75, 3.05) is 5.33 Å². The molecular weight excluding hydrogens is 325 g/mol. The van der Waals surface area contributed by atoms with Crippen LogP contribution in [0.25, 0.3) is 6.08 Å². The standard InChI is InChI=1S/C13H14BrF3S/c1-9(2)11(8-14)7-10-3-5-12(6-4-10)18-13(15,16)17/h3-7,9H,8H2,1-2H3. The smallest absolute Gasteiger partial charge is 0.160 e. The minimum Gasteiger partial charge on any atom is -0.160 e. The van der Waals surface area contributed by atoms with E-state index in [0.717, 1.165) is 10.9 Å². The Morgan fingerprint density at radius 2 is 1.83 bits per heavy atom. The largest absolute Gasteiger partial charge is 0.446 e. The molecule has 0 fully saturated rings. The lowest BCUT2D eigenvalue weighted by atomic mass is 10.0. The Morgan fingerprint density at radius 1 is 1.28 bits per heavy atom. The topological polar surface area (TPSA) is 0 Å². The van der Waals surface area contributed by atoms with E-state index >= 15 is 0 Å². The van der Waals surface area contributed by atoms with Crippen molar-refractivity contribution in [1.82, 2.24) is 0 Å². The summed E-state index contributed by atoms with van der Waals surface area (Å²) in [5.74, 6) is 0.411. The summed E-state index contributed by atoms with van der Waals surface area (Å²) in [5.41, 5.74) is -2.09. The van der Waals surface area contributed by atoms with E-state index in [1.807, 2.05) is 6.08 Å². The summed E-state index contributed by atoms with van der Waals surface area (Å²) in [6.07, 6.45) is 2.00. The summed E-state index contributed by atoms with van der Waals surface area (Å²) in [4.78, 5) is 0.213. The van der Waals surface area contributed by atoms with Gasteiger partial charge in [0.2, 0.25) is 0 Å². The molecule has 0 saturated carbocycles. The van der Waals surface area contributed by atoms with Gasteiger partial charge in [-0.2, -0.15) is 13.2 Å². The number of allylic oxidation sites excluding steroid dienone is 1. The zero-order valence-electron chi connectivity index (χ0n) is 10.1. The number of hydrogen-bond acceptors (Lipinski definition) is 1. The first kappa shape index (κ1) is 15.6. The lowest BCUT2D eigenvalue weighted by Crippen LogP contribution is -1.98. The van der Waals surface area contributed by atoms with E-state index in [4.69, 9.17) is 0 Å².